The Hall–Kier alpha value is -0.200. The Bertz CT molecular complexity index is 171. The highest BCUT2D eigenvalue weighted by molar-refractivity contribution is 4.71. The molecule has 0 spiro atoms. The topological polar surface area (TPSA) is 74.8 Å². The normalized spacial score (nSPS) is 28.9. The predicted octanol–water partition coefficient (Wildman–Crippen LogP) is 0.0438. The summed E-state index contributed by atoms with van der Waals surface area (Å²) in [5, 5.41) is 17.1. The standard InChI is InChI=1S/C6H10O3.C6H14O2/c1(5-3-8-5)7-2-6-4-9-6;1-5(3-7)6(2)4-8/h5-6H,1-4H2;5-8H,3-4H2,1-2H3. The lowest BCUT2D eigenvalue weighted by Crippen LogP contribution is -2.15. The van der Waals surface area contributed by atoms with Crippen molar-refractivity contribution >= 4 is 0 Å². The minimum Gasteiger partial charge on any atom is -0.396 e. The highest BCUT2D eigenvalue weighted by Gasteiger charge is 2.26. The van der Waals surface area contributed by atoms with E-state index in [1.54, 1.807) is 0 Å². The summed E-state index contributed by atoms with van der Waals surface area (Å²) in [6.45, 7) is 7.43. The molecule has 0 aromatic rings. The lowest BCUT2D eigenvalue weighted by molar-refractivity contribution is 0.102. The summed E-state index contributed by atoms with van der Waals surface area (Å²) in [4.78, 5) is 0. The largest absolute Gasteiger partial charge is 0.396 e. The van der Waals surface area contributed by atoms with Crippen molar-refractivity contribution in [3.05, 3.63) is 0 Å². The van der Waals surface area contributed by atoms with Crippen molar-refractivity contribution in [1.29, 1.82) is 0 Å². The maximum atomic E-state index is 8.53. The number of epoxide rings is 2. The Morgan fingerprint density at radius 1 is 1.00 bits per heavy atom. The molecule has 2 saturated heterocycles. The minimum atomic E-state index is 0.168. The first-order chi connectivity index (χ1) is 8.17. The highest BCUT2D eigenvalue weighted by Crippen LogP contribution is 2.12. The van der Waals surface area contributed by atoms with Crippen molar-refractivity contribution in [2.45, 2.75) is 26.1 Å². The number of ether oxygens (including phenoxy) is 3. The molecule has 4 atom stereocenters. The second-order valence-corrected chi connectivity index (χ2v) is 4.77. The molecule has 2 fully saturated rings. The molecule has 5 nitrogen and oxygen atoms in total. The zero-order valence-corrected chi connectivity index (χ0v) is 10.7. The summed E-state index contributed by atoms with van der Waals surface area (Å²) in [7, 11) is 0. The van der Waals surface area contributed by atoms with Gasteiger partial charge >= 0.3 is 0 Å². The zero-order chi connectivity index (χ0) is 12.7. The number of aliphatic hydroxyl groups is 2. The van der Waals surface area contributed by atoms with Crippen LogP contribution >= 0.6 is 0 Å². The maximum Gasteiger partial charge on any atom is 0.104 e. The van der Waals surface area contributed by atoms with E-state index in [1.165, 1.54) is 0 Å². The third-order valence-corrected chi connectivity index (χ3v) is 2.96. The lowest BCUT2D eigenvalue weighted by Gasteiger charge is -2.13. The van der Waals surface area contributed by atoms with Crippen LogP contribution in [0.15, 0.2) is 0 Å². The quantitative estimate of drug-likeness (QED) is 0.622. The first kappa shape index (κ1) is 14.9. The van der Waals surface area contributed by atoms with Crippen molar-refractivity contribution < 1.29 is 24.4 Å². The van der Waals surface area contributed by atoms with Crippen LogP contribution in [0.25, 0.3) is 0 Å². The SMILES string of the molecule is C(OCC1CO1)C1CO1.CC(CO)C(C)CO. The van der Waals surface area contributed by atoms with E-state index in [9.17, 15) is 0 Å². The van der Waals surface area contributed by atoms with Gasteiger partial charge in [0.15, 0.2) is 0 Å². The van der Waals surface area contributed by atoms with Gasteiger partial charge in [0, 0.05) is 13.2 Å². The number of rotatable bonds is 7. The summed E-state index contributed by atoms with van der Waals surface area (Å²) in [5.41, 5.74) is 0. The van der Waals surface area contributed by atoms with E-state index in [4.69, 9.17) is 24.4 Å². The van der Waals surface area contributed by atoms with E-state index < -0.39 is 0 Å². The highest BCUT2D eigenvalue weighted by atomic mass is 16.6. The Morgan fingerprint density at radius 2 is 1.35 bits per heavy atom. The molecular weight excluding hydrogens is 224 g/mol. The van der Waals surface area contributed by atoms with Crippen LogP contribution in [0.5, 0.6) is 0 Å². The van der Waals surface area contributed by atoms with Crippen LogP contribution in [0.3, 0.4) is 0 Å². The molecule has 0 aromatic carbocycles. The molecule has 0 amide bonds. The zero-order valence-electron chi connectivity index (χ0n) is 10.7. The molecule has 102 valence electrons. The third-order valence-electron chi connectivity index (χ3n) is 2.96. The van der Waals surface area contributed by atoms with Crippen LogP contribution in [-0.4, -0.2) is 62.1 Å². The van der Waals surface area contributed by atoms with E-state index in [2.05, 4.69) is 0 Å². The molecule has 2 aliphatic rings. The van der Waals surface area contributed by atoms with Gasteiger partial charge in [-0.1, -0.05) is 13.8 Å². The van der Waals surface area contributed by atoms with Gasteiger partial charge < -0.3 is 24.4 Å². The molecule has 2 rings (SSSR count). The van der Waals surface area contributed by atoms with E-state index in [0.29, 0.717) is 12.2 Å². The average Bonchev–Trinajstić information content (AvgIpc) is 3.21. The van der Waals surface area contributed by atoms with Crippen LogP contribution in [0.4, 0.5) is 0 Å². The molecule has 2 N–H and O–H groups in total. The van der Waals surface area contributed by atoms with E-state index in [-0.39, 0.29) is 25.0 Å². The first-order valence-corrected chi connectivity index (χ1v) is 6.20. The monoisotopic (exact) mass is 248 g/mol. The molecule has 2 heterocycles. The van der Waals surface area contributed by atoms with Crippen LogP contribution < -0.4 is 0 Å². The fraction of sp³-hybridized carbons (Fsp3) is 1.00. The molecule has 0 radical (unpaired) electrons. The van der Waals surface area contributed by atoms with Gasteiger partial charge in [-0.15, -0.1) is 0 Å². The van der Waals surface area contributed by atoms with Crippen LogP contribution in [-0.2, 0) is 14.2 Å². The molecule has 2 aliphatic heterocycles. The molecule has 0 aliphatic carbocycles. The van der Waals surface area contributed by atoms with Crippen LogP contribution in [0.2, 0.25) is 0 Å². The summed E-state index contributed by atoms with van der Waals surface area (Å²) in [5.74, 6) is 0.444. The average molecular weight is 248 g/mol. The molecule has 4 unspecified atom stereocenters. The molecule has 5 heteroatoms. The Morgan fingerprint density at radius 3 is 1.59 bits per heavy atom. The second-order valence-electron chi connectivity index (χ2n) is 4.77. The lowest BCUT2D eigenvalue weighted by atomic mass is 9.98. The van der Waals surface area contributed by atoms with Gasteiger partial charge in [-0.2, -0.15) is 0 Å². The summed E-state index contributed by atoms with van der Waals surface area (Å²) < 4.78 is 15.1. The fourth-order valence-electron chi connectivity index (χ4n) is 1.02. The predicted molar refractivity (Wildman–Crippen MR) is 62.8 cm³/mol. The van der Waals surface area contributed by atoms with Gasteiger partial charge in [0.1, 0.15) is 12.2 Å². The Balaban J connectivity index is 0.000000172. The number of aliphatic hydroxyl groups excluding tert-OH is 2. The third kappa shape index (κ3) is 7.68. The second kappa shape index (κ2) is 8.00. The van der Waals surface area contributed by atoms with E-state index >= 15 is 0 Å². The van der Waals surface area contributed by atoms with Gasteiger partial charge in [-0.3, -0.25) is 0 Å². The smallest absolute Gasteiger partial charge is 0.104 e. The number of hydrogen-bond acceptors (Lipinski definition) is 5. The van der Waals surface area contributed by atoms with Crippen LogP contribution in [0, 0.1) is 11.8 Å². The van der Waals surface area contributed by atoms with Crippen LogP contribution in [0.1, 0.15) is 13.8 Å². The minimum absolute atomic E-state index is 0.168. The molecular formula is C12H24O5. The van der Waals surface area contributed by atoms with Crippen molar-refractivity contribution in [2.75, 3.05) is 39.6 Å². The van der Waals surface area contributed by atoms with Gasteiger partial charge in [-0.25, -0.2) is 0 Å². The maximum absolute atomic E-state index is 8.53. The Kier molecular flexibility index (Phi) is 6.99. The van der Waals surface area contributed by atoms with Gasteiger partial charge in [0.2, 0.25) is 0 Å². The molecule has 0 saturated carbocycles. The molecule has 17 heavy (non-hydrogen) atoms. The molecule has 0 aromatic heterocycles. The first-order valence-electron chi connectivity index (χ1n) is 6.20. The number of hydrogen-bond donors (Lipinski definition) is 2. The fourth-order valence-corrected chi connectivity index (χ4v) is 1.02. The van der Waals surface area contributed by atoms with Crippen molar-refractivity contribution in [3.8, 4) is 0 Å². The summed E-state index contributed by atoms with van der Waals surface area (Å²) >= 11 is 0. The van der Waals surface area contributed by atoms with Crippen molar-refractivity contribution in [3.63, 3.8) is 0 Å². The van der Waals surface area contributed by atoms with Gasteiger partial charge in [0.25, 0.3) is 0 Å². The summed E-state index contributed by atoms with van der Waals surface area (Å²) in [6, 6.07) is 0. The Labute approximate surface area is 103 Å². The van der Waals surface area contributed by atoms with Gasteiger partial charge in [0.05, 0.1) is 26.4 Å². The van der Waals surface area contributed by atoms with E-state index in [0.717, 1.165) is 26.4 Å². The van der Waals surface area contributed by atoms with Gasteiger partial charge in [-0.05, 0) is 11.8 Å². The summed E-state index contributed by atoms with van der Waals surface area (Å²) in [6.07, 6.45) is 0.785. The molecule has 0 bridgehead atoms. The van der Waals surface area contributed by atoms with Crippen molar-refractivity contribution in [1.82, 2.24) is 0 Å². The van der Waals surface area contributed by atoms with E-state index in [1.807, 2.05) is 13.8 Å². The van der Waals surface area contributed by atoms with Crippen molar-refractivity contribution in [2.24, 2.45) is 11.8 Å².